The van der Waals surface area contributed by atoms with Gasteiger partial charge in [0.15, 0.2) is 5.82 Å². The Morgan fingerprint density at radius 2 is 2.06 bits per heavy atom. The number of benzene rings is 1. The molecule has 3 aromatic heterocycles. The number of carbonyl (C=O) groups excluding carboxylic acids is 1. The Hall–Kier alpha value is -3.48. The standard InChI is InChI=1S/C24H25FN4O2/c1-5-7-8-11-29-20(14-15-9-10-17(6-2)26-22(15)29)23-27-19-13-16(24(30)31-4)12-18(25)21(19)28(23)3/h5,9-10,12-14H,1,6-8,11H2,2-4H3. The van der Waals surface area contributed by atoms with E-state index in [1.807, 2.05) is 18.2 Å². The Kier molecular flexibility index (Phi) is 5.59. The summed E-state index contributed by atoms with van der Waals surface area (Å²) in [6, 6.07) is 8.88. The van der Waals surface area contributed by atoms with E-state index >= 15 is 0 Å². The van der Waals surface area contributed by atoms with E-state index in [-0.39, 0.29) is 5.56 Å². The SMILES string of the molecule is C=CCCCn1c(-c2nc3cc(C(=O)OC)cc(F)c3n2C)cc2ccc(CC)nc21. The predicted octanol–water partition coefficient (Wildman–Crippen LogP) is 5.04. The number of hydrogen-bond donors (Lipinski definition) is 0. The first kappa shape index (κ1) is 20.8. The van der Waals surface area contributed by atoms with Gasteiger partial charge in [0.25, 0.3) is 0 Å². The lowest BCUT2D eigenvalue weighted by molar-refractivity contribution is 0.0600. The molecule has 0 bridgehead atoms. The number of aromatic nitrogens is 4. The molecule has 0 atom stereocenters. The summed E-state index contributed by atoms with van der Waals surface area (Å²) in [5.41, 5.74) is 3.65. The van der Waals surface area contributed by atoms with Gasteiger partial charge in [0, 0.05) is 24.7 Å². The molecule has 0 spiro atoms. The van der Waals surface area contributed by atoms with Crippen molar-refractivity contribution in [3.05, 3.63) is 60.1 Å². The third kappa shape index (κ3) is 3.60. The van der Waals surface area contributed by atoms with Crippen molar-refractivity contribution in [2.24, 2.45) is 7.05 Å². The van der Waals surface area contributed by atoms with E-state index in [4.69, 9.17) is 14.7 Å². The number of hydrogen-bond acceptors (Lipinski definition) is 4. The fraction of sp³-hybridized carbons (Fsp3) is 0.292. The monoisotopic (exact) mass is 420 g/mol. The van der Waals surface area contributed by atoms with E-state index in [1.165, 1.54) is 13.2 Å². The zero-order chi connectivity index (χ0) is 22.1. The smallest absolute Gasteiger partial charge is 0.338 e. The third-order valence-corrected chi connectivity index (χ3v) is 5.53. The molecule has 0 unspecified atom stereocenters. The van der Waals surface area contributed by atoms with Crippen molar-refractivity contribution in [3.63, 3.8) is 0 Å². The summed E-state index contributed by atoms with van der Waals surface area (Å²) in [5.74, 6) is -0.492. The van der Waals surface area contributed by atoms with Gasteiger partial charge in [-0.2, -0.15) is 0 Å². The average Bonchev–Trinajstić information content (AvgIpc) is 3.30. The van der Waals surface area contributed by atoms with Crippen molar-refractivity contribution in [2.45, 2.75) is 32.7 Å². The molecule has 0 saturated carbocycles. The summed E-state index contributed by atoms with van der Waals surface area (Å²) in [4.78, 5) is 21.4. The molecule has 0 fully saturated rings. The quantitative estimate of drug-likeness (QED) is 0.239. The van der Waals surface area contributed by atoms with Gasteiger partial charge in [-0.1, -0.05) is 13.0 Å². The van der Waals surface area contributed by atoms with Crippen LogP contribution in [-0.2, 0) is 24.8 Å². The molecule has 0 aliphatic rings. The van der Waals surface area contributed by atoms with Gasteiger partial charge in [-0.25, -0.2) is 19.2 Å². The van der Waals surface area contributed by atoms with Crippen molar-refractivity contribution < 1.29 is 13.9 Å². The first-order chi connectivity index (χ1) is 15.0. The van der Waals surface area contributed by atoms with E-state index in [0.717, 1.165) is 48.2 Å². The summed E-state index contributed by atoms with van der Waals surface area (Å²) in [6.45, 7) is 6.63. The summed E-state index contributed by atoms with van der Waals surface area (Å²) >= 11 is 0. The topological polar surface area (TPSA) is 61.9 Å². The van der Waals surface area contributed by atoms with Gasteiger partial charge in [-0.15, -0.1) is 6.58 Å². The van der Waals surface area contributed by atoms with Crippen LogP contribution in [0.15, 0.2) is 43.0 Å². The van der Waals surface area contributed by atoms with Crippen LogP contribution >= 0.6 is 0 Å². The number of imidazole rings is 1. The van der Waals surface area contributed by atoms with Gasteiger partial charge in [0.1, 0.15) is 17.0 Å². The maximum absolute atomic E-state index is 14.9. The van der Waals surface area contributed by atoms with Gasteiger partial charge in [0.2, 0.25) is 0 Å². The molecule has 160 valence electrons. The highest BCUT2D eigenvalue weighted by Crippen LogP contribution is 2.31. The number of fused-ring (bicyclic) bond motifs is 2. The minimum atomic E-state index is -0.595. The molecule has 0 amide bonds. The summed E-state index contributed by atoms with van der Waals surface area (Å²) in [5, 5.41) is 1.01. The second-order valence-corrected chi connectivity index (χ2v) is 7.49. The number of halogens is 1. The zero-order valence-electron chi connectivity index (χ0n) is 18.0. The molecule has 0 aliphatic carbocycles. The number of esters is 1. The molecule has 6 nitrogen and oxygen atoms in total. The van der Waals surface area contributed by atoms with Crippen LogP contribution in [0.1, 0.15) is 35.8 Å². The number of carbonyl (C=O) groups is 1. The Balaban J connectivity index is 1.93. The van der Waals surface area contributed by atoms with Crippen molar-refractivity contribution in [1.29, 1.82) is 0 Å². The minimum Gasteiger partial charge on any atom is -0.465 e. The highest BCUT2D eigenvalue weighted by Gasteiger charge is 2.21. The molecule has 7 heteroatoms. The van der Waals surface area contributed by atoms with Crippen LogP contribution < -0.4 is 0 Å². The molecule has 1 aromatic carbocycles. The highest BCUT2D eigenvalue weighted by atomic mass is 19.1. The molecular formula is C24H25FN4O2. The van der Waals surface area contributed by atoms with Gasteiger partial charge in [-0.3, -0.25) is 0 Å². The van der Waals surface area contributed by atoms with E-state index < -0.39 is 11.8 Å². The molecule has 0 saturated heterocycles. The molecular weight excluding hydrogens is 395 g/mol. The number of allylic oxidation sites excluding steroid dienone is 1. The van der Waals surface area contributed by atoms with E-state index in [9.17, 15) is 9.18 Å². The highest BCUT2D eigenvalue weighted by molar-refractivity contribution is 5.95. The number of methoxy groups -OCH3 is 1. The molecule has 0 radical (unpaired) electrons. The first-order valence-corrected chi connectivity index (χ1v) is 10.3. The second kappa shape index (κ2) is 8.34. The largest absolute Gasteiger partial charge is 0.465 e. The van der Waals surface area contributed by atoms with Crippen LogP contribution in [0.4, 0.5) is 4.39 Å². The number of aryl methyl sites for hydroxylation is 3. The number of unbranched alkanes of at least 4 members (excludes halogenated alkanes) is 1. The summed E-state index contributed by atoms with van der Waals surface area (Å²) < 4.78 is 23.5. The van der Waals surface area contributed by atoms with Crippen molar-refractivity contribution in [2.75, 3.05) is 7.11 Å². The van der Waals surface area contributed by atoms with Crippen LogP contribution in [0.3, 0.4) is 0 Å². The van der Waals surface area contributed by atoms with Gasteiger partial charge in [0.05, 0.1) is 23.9 Å². The van der Waals surface area contributed by atoms with Crippen LogP contribution in [0, 0.1) is 5.82 Å². The Labute approximate surface area is 180 Å². The van der Waals surface area contributed by atoms with E-state index in [0.29, 0.717) is 16.9 Å². The van der Waals surface area contributed by atoms with Crippen LogP contribution in [-0.4, -0.2) is 32.2 Å². The first-order valence-electron chi connectivity index (χ1n) is 10.3. The number of pyridine rings is 1. The fourth-order valence-corrected chi connectivity index (χ4v) is 3.93. The normalized spacial score (nSPS) is 11.4. The average molecular weight is 420 g/mol. The van der Waals surface area contributed by atoms with Gasteiger partial charge < -0.3 is 13.9 Å². The van der Waals surface area contributed by atoms with E-state index in [2.05, 4.69) is 24.1 Å². The van der Waals surface area contributed by atoms with Crippen molar-refractivity contribution in [3.8, 4) is 11.5 Å². The lowest BCUT2D eigenvalue weighted by atomic mass is 10.2. The van der Waals surface area contributed by atoms with Gasteiger partial charge in [-0.05, 0) is 49.6 Å². The Morgan fingerprint density at radius 1 is 1.26 bits per heavy atom. The molecule has 0 aliphatic heterocycles. The molecule has 3 heterocycles. The van der Waals surface area contributed by atoms with Gasteiger partial charge >= 0.3 is 5.97 Å². The zero-order valence-corrected chi connectivity index (χ0v) is 18.0. The van der Waals surface area contributed by atoms with Crippen LogP contribution in [0.5, 0.6) is 0 Å². The molecule has 4 aromatic rings. The lowest BCUT2D eigenvalue weighted by Crippen LogP contribution is -2.05. The molecule has 0 N–H and O–H groups in total. The number of nitrogens with zero attached hydrogens (tertiary/aromatic N) is 4. The Bertz CT molecular complexity index is 1300. The molecule has 31 heavy (non-hydrogen) atoms. The summed E-state index contributed by atoms with van der Waals surface area (Å²) in [6.07, 6.45) is 4.53. The van der Waals surface area contributed by atoms with Crippen molar-refractivity contribution >= 4 is 28.0 Å². The summed E-state index contributed by atoms with van der Waals surface area (Å²) in [7, 11) is 3.05. The van der Waals surface area contributed by atoms with Crippen molar-refractivity contribution in [1.82, 2.24) is 19.1 Å². The second-order valence-electron chi connectivity index (χ2n) is 7.49. The van der Waals surface area contributed by atoms with E-state index in [1.54, 1.807) is 17.7 Å². The molecule has 4 rings (SSSR count). The Morgan fingerprint density at radius 3 is 2.77 bits per heavy atom. The number of ether oxygens (including phenoxy) is 1. The maximum Gasteiger partial charge on any atom is 0.338 e. The fourth-order valence-electron chi connectivity index (χ4n) is 3.93. The third-order valence-electron chi connectivity index (χ3n) is 5.53. The lowest BCUT2D eigenvalue weighted by Gasteiger charge is -2.10. The van der Waals surface area contributed by atoms with Crippen LogP contribution in [0.25, 0.3) is 33.6 Å². The maximum atomic E-state index is 14.9. The predicted molar refractivity (Wildman–Crippen MR) is 120 cm³/mol. The minimum absolute atomic E-state index is 0.137. The number of rotatable bonds is 7. The van der Waals surface area contributed by atoms with Crippen LogP contribution in [0.2, 0.25) is 0 Å².